The molecule has 5 nitrogen and oxygen atoms in total. The summed E-state index contributed by atoms with van der Waals surface area (Å²) in [6.45, 7) is 6.97. The summed E-state index contributed by atoms with van der Waals surface area (Å²) in [5, 5.41) is 0.999. The van der Waals surface area contributed by atoms with Crippen molar-refractivity contribution in [1.82, 2.24) is 9.80 Å². The lowest BCUT2D eigenvalue weighted by Gasteiger charge is -2.35. The van der Waals surface area contributed by atoms with Crippen molar-refractivity contribution in [1.29, 1.82) is 0 Å². The van der Waals surface area contributed by atoms with Crippen molar-refractivity contribution < 1.29 is 13.5 Å². The summed E-state index contributed by atoms with van der Waals surface area (Å²) in [6, 6.07) is 12.4. The molecular formula is C24H27FN2O3. The van der Waals surface area contributed by atoms with E-state index in [9.17, 15) is 9.18 Å². The molecule has 2 aromatic carbocycles. The third-order valence-corrected chi connectivity index (χ3v) is 5.80. The highest BCUT2D eigenvalue weighted by molar-refractivity contribution is 5.80. The van der Waals surface area contributed by atoms with Crippen LogP contribution < -0.4 is 10.4 Å². The van der Waals surface area contributed by atoms with Crippen molar-refractivity contribution in [2.75, 3.05) is 33.3 Å². The summed E-state index contributed by atoms with van der Waals surface area (Å²) in [4.78, 5) is 16.7. The predicted octanol–water partition coefficient (Wildman–Crippen LogP) is 3.82. The SMILES string of the molecule is CCc1ccc2c(CN3CCN(Cc4cc(F)ccc4OC)CC3)cc(=O)oc2c1. The molecule has 6 heteroatoms. The van der Waals surface area contributed by atoms with E-state index in [2.05, 4.69) is 28.9 Å². The molecule has 1 fully saturated rings. The number of ether oxygens (including phenoxy) is 1. The Bertz CT molecular complexity index is 1090. The van der Waals surface area contributed by atoms with Crippen molar-refractivity contribution in [3.63, 3.8) is 0 Å². The molecule has 0 atom stereocenters. The number of aryl methyl sites for hydroxylation is 1. The Morgan fingerprint density at radius 2 is 1.67 bits per heavy atom. The summed E-state index contributed by atoms with van der Waals surface area (Å²) in [6.07, 6.45) is 0.905. The molecule has 0 radical (unpaired) electrons. The lowest BCUT2D eigenvalue weighted by Crippen LogP contribution is -2.45. The van der Waals surface area contributed by atoms with Gasteiger partial charge in [0.2, 0.25) is 0 Å². The summed E-state index contributed by atoms with van der Waals surface area (Å²) in [5.74, 6) is 0.471. The van der Waals surface area contributed by atoms with Gasteiger partial charge in [0.1, 0.15) is 17.1 Å². The van der Waals surface area contributed by atoms with E-state index < -0.39 is 0 Å². The van der Waals surface area contributed by atoms with Crippen molar-refractivity contribution in [2.45, 2.75) is 26.4 Å². The normalized spacial score (nSPS) is 15.6. The van der Waals surface area contributed by atoms with Crippen LogP contribution in [0.1, 0.15) is 23.6 Å². The summed E-state index contributed by atoms with van der Waals surface area (Å²) in [7, 11) is 1.61. The fraction of sp³-hybridized carbons (Fsp3) is 0.375. The third kappa shape index (κ3) is 4.55. The smallest absolute Gasteiger partial charge is 0.336 e. The van der Waals surface area contributed by atoms with E-state index in [0.717, 1.165) is 54.7 Å². The van der Waals surface area contributed by atoms with Gasteiger partial charge in [0.25, 0.3) is 0 Å². The number of hydrogen-bond acceptors (Lipinski definition) is 5. The van der Waals surface area contributed by atoms with Gasteiger partial charge in [-0.25, -0.2) is 9.18 Å². The Labute approximate surface area is 175 Å². The zero-order chi connectivity index (χ0) is 21.1. The van der Waals surface area contributed by atoms with E-state index in [1.165, 1.54) is 6.07 Å². The Balaban J connectivity index is 1.43. The quantitative estimate of drug-likeness (QED) is 0.578. The molecule has 3 aromatic rings. The zero-order valence-electron chi connectivity index (χ0n) is 17.5. The molecule has 1 aliphatic rings. The van der Waals surface area contributed by atoms with Crippen molar-refractivity contribution in [3.05, 3.63) is 75.4 Å². The number of nitrogens with zero attached hydrogens (tertiary/aromatic N) is 2. The van der Waals surface area contributed by atoms with Crippen molar-refractivity contribution >= 4 is 11.0 Å². The fourth-order valence-corrected chi connectivity index (χ4v) is 4.08. The van der Waals surface area contributed by atoms with Gasteiger partial charge < -0.3 is 9.15 Å². The number of benzene rings is 2. The van der Waals surface area contributed by atoms with Gasteiger partial charge >= 0.3 is 5.63 Å². The Kier molecular flexibility index (Phi) is 6.16. The van der Waals surface area contributed by atoms with Crippen LogP contribution in [0.15, 0.2) is 51.7 Å². The Morgan fingerprint density at radius 1 is 0.967 bits per heavy atom. The first kappa shape index (κ1) is 20.6. The second kappa shape index (κ2) is 8.98. The molecular weight excluding hydrogens is 383 g/mol. The molecule has 1 saturated heterocycles. The first-order valence-corrected chi connectivity index (χ1v) is 10.4. The number of halogens is 1. The first-order chi connectivity index (χ1) is 14.6. The third-order valence-electron chi connectivity index (χ3n) is 5.80. The molecule has 0 aliphatic carbocycles. The van der Waals surface area contributed by atoms with Crippen LogP contribution in [-0.2, 0) is 19.5 Å². The second-order valence-electron chi connectivity index (χ2n) is 7.78. The lowest BCUT2D eigenvalue weighted by molar-refractivity contribution is 0.121. The molecule has 158 valence electrons. The van der Waals surface area contributed by atoms with E-state index in [1.54, 1.807) is 25.3 Å². The number of hydrogen-bond donors (Lipinski definition) is 0. The minimum absolute atomic E-state index is 0.245. The van der Waals surface area contributed by atoms with Gasteiger partial charge in [-0.15, -0.1) is 0 Å². The molecule has 4 rings (SSSR count). The first-order valence-electron chi connectivity index (χ1n) is 10.4. The van der Waals surface area contributed by atoms with Gasteiger partial charge in [-0.2, -0.15) is 0 Å². The van der Waals surface area contributed by atoms with Crippen LogP contribution in [0, 0.1) is 5.82 Å². The number of rotatable bonds is 6. The van der Waals surface area contributed by atoms with Crippen LogP contribution >= 0.6 is 0 Å². The molecule has 0 amide bonds. The van der Waals surface area contributed by atoms with Gasteiger partial charge in [-0.3, -0.25) is 9.80 Å². The van der Waals surface area contributed by atoms with E-state index in [1.807, 2.05) is 6.07 Å². The zero-order valence-corrected chi connectivity index (χ0v) is 17.5. The van der Waals surface area contributed by atoms with Crippen LogP contribution in [0.4, 0.5) is 4.39 Å². The maximum absolute atomic E-state index is 13.6. The van der Waals surface area contributed by atoms with Crippen LogP contribution in [0.5, 0.6) is 5.75 Å². The molecule has 0 bridgehead atoms. The van der Waals surface area contributed by atoms with Gasteiger partial charge in [0.05, 0.1) is 7.11 Å². The van der Waals surface area contributed by atoms with Crippen LogP contribution in [0.2, 0.25) is 0 Å². The van der Waals surface area contributed by atoms with Crippen molar-refractivity contribution in [3.8, 4) is 5.75 Å². The molecule has 0 N–H and O–H groups in total. The predicted molar refractivity (Wildman–Crippen MR) is 115 cm³/mol. The standard InChI is InChI=1S/C24H27FN2O3/c1-3-17-4-6-21-18(14-24(28)30-23(21)12-17)15-26-8-10-27(11-9-26)16-19-13-20(25)5-7-22(19)29-2/h4-7,12-14H,3,8-11,15-16H2,1-2H3. The van der Waals surface area contributed by atoms with Gasteiger partial charge in [-0.1, -0.05) is 19.1 Å². The second-order valence-corrected chi connectivity index (χ2v) is 7.78. The van der Waals surface area contributed by atoms with Crippen molar-refractivity contribution in [2.24, 2.45) is 0 Å². The molecule has 30 heavy (non-hydrogen) atoms. The highest BCUT2D eigenvalue weighted by atomic mass is 19.1. The van der Waals surface area contributed by atoms with Crippen LogP contribution in [0.25, 0.3) is 11.0 Å². The maximum Gasteiger partial charge on any atom is 0.336 e. The lowest BCUT2D eigenvalue weighted by atomic mass is 10.1. The largest absolute Gasteiger partial charge is 0.496 e. The van der Waals surface area contributed by atoms with E-state index in [-0.39, 0.29) is 11.4 Å². The summed E-state index contributed by atoms with van der Waals surface area (Å²) < 4.78 is 24.4. The molecule has 0 spiro atoms. The minimum Gasteiger partial charge on any atom is -0.496 e. The Hall–Kier alpha value is -2.70. The highest BCUT2D eigenvalue weighted by Crippen LogP contribution is 2.23. The minimum atomic E-state index is -0.303. The fourth-order valence-electron chi connectivity index (χ4n) is 4.08. The molecule has 0 unspecified atom stereocenters. The summed E-state index contributed by atoms with van der Waals surface area (Å²) in [5.41, 5.74) is 3.38. The number of methoxy groups -OCH3 is 1. The average Bonchev–Trinajstić information content (AvgIpc) is 2.74. The van der Waals surface area contributed by atoms with E-state index in [4.69, 9.17) is 9.15 Å². The van der Waals surface area contributed by atoms with Gasteiger partial charge in [0.15, 0.2) is 0 Å². The van der Waals surface area contributed by atoms with E-state index in [0.29, 0.717) is 24.4 Å². The average molecular weight is 410 g/mol. The molecule has 2 heterocycles. The maximum atomic E-state index is 13.6. The molecule has 1 aromatic heterocycles. The summed E-state index contributed by atoms with van der Waals surface area (Å²) >= 11 is 0. The number of fused-ring (bicyclic) bond motifs is 1. The van der Waals surface area contributed by atoms with E-state index >= 15 is 0 Å². The Morgan fingerprint density at radius 3 is 2.33 bits per heavy atom. The van der Waals surface area contributed by atoms with Gasteiger partial charge in [-0.05, 0) is 41.8 Å². The highest BCUT2D eigenvalue weighted by Gasteiger charge is 2.20. The monoisotopic (exact) mass is 410 g/mol. The molecule has 1 aliphatic heterocycles. The number of piperazine rings is 1. The topological polar surface area (TPSA) is 45.9 Å². The van der Waals surface area contributed by atoms with Crippen LogP contribution in [0.3, 0.4) is 0 Å². The van der Waals surface area contributed by atoms with Gasteiger partial charge in [0, 0.05) is 56.3 Å². The van der Waals surface area contributed by atoms with Crippen LogP contribution in [-0.4, -0.2) is 43.1 Å². The molecule has 0 saturated carbocycles.